The zero-order chi connectivity index (χ0) is 24.7. The standard InChI is InChI=1S/C30H29Cl2N3O.ClH/c31-23-9-5-21(6-10-23)30(22-7-11-24(32)12-8-22)17-13-25(14-18-30)34-19-15-26(16-20-34)35-28-4-2-1-3-27(28)33-29(35)36;/h1-13,17,25-26H,14-16,18-20H2,(H,33,36);1H. The molecule has 0 saturated carbocycles. The number of fused-ring (bicyclic) bond motifs is 1. The van der Waals surface area contributed by atoms with Crippen molar-refractivity contribution >= 4 is 46.6 Å². The van der Waals surface area contributed by atoms with E-state index in [1.807, 2.05) is 53.1 Å². The third-order valence-corrected chi connectivity index (χ3v) is 8.62. The van der Waals surface area contributed by atoms with E-state index in [1.165, 1.54) is 11.1 Å². The summed E-state index contributed by atoms with van der Waals surface area (Å²) in [6.07, 6.45) is 8.82. The second-order valence-corrected chi connectivity index (χ2v) is 10.9. The largest absolute Gasteiger partial charge is 0.326 e. The maximum absolute atomic E-state index is 12.7. The smallest absolute Gasteiger partial charge is 0.306 e. The first kappa shape index (κ1) is 26.1. The molecule has 7 heteroatoms. The average molecular weight is 555 g/mol. The number of aromatic nitrogens is 2. The lowest BCUT2D eigenvalue weighted by Crippen LogP contribution is -2.44. The first-order valence-electron chi connectivity index (χ1n) is 12.7. The van der Waals surface area contributed by atoms with E-state index in [0.717, 1.165) is 59.9 Å². The van der Waals surface area contributed by atoms with Crippen LogP contribution in [0, 0.1) is 0 Å². The van der Waals surface area contributed by atoms with Crippen molar-refractivity contribution in [1.82, 2.24) is 14.5 Å². The topological polar surface area (TPSA) is 41.0 Å². The molecule has 0 spiro atoms. The van der Waals surface area contributed by atoms with Crippen molar-refractivity contribution in [3.05, 3.63) is 117 Å². The molecule has 1 aliphatic carbocycles. The van der Waals surface area contributed by atoms with Crippen molar-refractivity contribution in [1.29, 1.82) is 0 Å². The lowest BCUT2D eigenvalue weighted by Gasteiger charge is -2.42. The maximum Gasteiger partial charge on any atom is 0.326 e. The minimum atomic E-state index is -0.193. The van der Waals surface area contributed by atoms with Crippen LogP contribution in [0.25, 0.3) is 11.0 Å². The highest BCUT2D eigenvalue weighted by Gasteiger charge is 2.37. The van der Waals surface area contributed by atoms with Gasteiger partial charge in [0.2, 0.25) is 0 Å². The molecule has 4 aromatic rings. The zero-order valence-corrected chi connectivity index (χ0v) is 22.8. The summed E-state index contributed by atoms with van der Waals surface area (Å²) in [6.45, 7) is 1.97. The molecule has 1 aromatic heterocycles. The van der Waals surface area contributed by atoms with Crippen molar-refractivity contribution in [2.45, 2.75) is 43.2 Å². The van der Waals surface area contributed by atoms with Crippen LogP contribution in [-0.2, 0) is 5.41 Å². The van der Waals surface area contributed by atoms with Gasteiger partial charge < -0.3 is 4.98 Å². The van der Waals surface area contributed by atoms with Gasteiger partial charge in [-0.1, -0.05) is 71.8 Å². The number of hydrogen-bond acceptors (Lipinski definition) is 2. The Labute approximate surface area is 233 Å². The molecular formula is C30H30Cl3N3O. The van der Waals surface area contributed by atoms with Crippen LogP contribution < -0.4 is 5.69 Å². The van der Waals surface area contributed by atoms with Crippen LogP contribution in [0.15, 0.2) is 89.7 Å². The van der Waals surface area contributed by atoms with E-state index in [9.17, 15) is 4.79 Å². The van der Waals surface area contributed by atoms with E-state index in [0.29, 0.717) is 6.04 Å². The van der Waals surface area contributed by atoms with Crippen molar-refractivity contribution < 1.29 is 0 Å². The zero-order valence-electron chi connectivity index (χ0n) is 20.4. The van der Waals surface area contributed by atoms with Crippen LogP contribution in [-0.4, -0.2) is 33.6 Å². The van der Waals surface area contributed by atoms with Crippen LogP contribution in [0.4, 0.5) is 0 Å². The minimum Gasteiger partial charge on any atom is -0.306 e. The molecule has 1 atom stereocenters. The number of hydrogen-bond donors (Lipinski definition) is 1. The van der Waals surface area contributed by atoms with E-state index in [2.05, 4.69) is 46.3 Å². The number of nitrogens with one attached hydrogen (secondary N) is 1. The summed E-state index contributed by atoms with van der Waals surface area (Å²) in [4.78, 5) is 18.3. The normalized spacial score (nSPS) is 20.1. The predicted molar refractivity (Wildman–Crippen MR) is 155 cm³/mol. The van der Waals surface area contributed by atoms with Gasteiger partial charge in [0.15, 0.2) is 0 Å². The van der Waals surface area contributed by atoms with Gasteiger partial charge in [0.1, 0.15) is 0 Å². The van der Waals surface area contributed by atoms with Crippen molar-refractivity contribution in [2.24, 2.45) is 0 Å². The molecule has 1 fully saturated rings. The molecule has 6 rings (SSSR count). The minimum absolute atomic E-state index is 0. The fourth-order valence-electron chi connectivity index (χ4n) is 6.19. The number of aromatic amines is 1. The molecule has 4 nitrogen and oxygen atoms in total. The number of H-pyrrole nitrogens is 1. The second-order valence-electron chi connectivity index (χ2n) is 10.0. The van der Waals surface area contributed by atoms with Crippen molar-refractivity contribution in [3.8, 4) is 0 Å². The summed E-state index contributed by atoms with van der Waals surface area (Å²) in [7, 11) is 0. The number of para-hydroxylation sites is 2. The van der Waals surface area contributed by atoms with Gasteiger partial charge in [-0.25, -0.2) is 4.79 Å². The Morgan fingerprint density at radius 3 is 1.97 bits per heavy atom. The third-order valence-electron chi connectivity index (χ3n) is 8.11. The SMILES string of the molecule is Cl.O=c1[nH]c2ccccc2n1C1CCN(C2C=CC(c3ccc(Cl)cc3)(c3ccc(Cl)cc3)CC2)CC1. The van der Waals surface area contributed by atoms with Crippen LogP contribution in [0.3, 0.4) is 0 Å². The molecule has 192 valence electrons. The van der Waals surface area contributed by atoms with Crippen LogP contribution in [0.5, 0.6) is 0 Å². The van der Waals surface area contributed by atoms with Crippen LogP contribution >= 0.6 is 35.6 Å². The van der Waals surface area contributed by atoms with Gasteiger partial charge in [-0.2, -0.15) is 0 Å². The first-order valence-corrected chi connectivity index (χ1v) is 13.4. The van der Waals surface area contributed by atoms with Gasteiger partial charge >= 0.3 is 5.69 Å². The number of nitrogens with zero attached hydrogens (tertiary/aromatic N) is 2. The molecule has 2 heterocycles. The van der Waals surface area contributed by atoms with E-state index in [4.69, 9.17) is 23.2 Å². The summed E-state index contributed by atoms with van der Waals surface area (Å²) in [5.41, 5.74) is 4.24. The van der Waals surface area contributed by atoms with Crippen LogP contribution in [0.1, 0.15) is 42.9 Å². The fraction of sp³-hybridized carbons (Fsp3) is 0.300. The second kappa shape index (κ2) is 10.7. The number of rotatable bonds is 4. The van der Waals surface area contributed by atoms with Gasteiger partial charge in [0.05, 0.1) is 11.0 Å². The third kappa shape index (κ3) is 4.88. The van der Waals surface area contributed by atoms with E-state index >= 15 is 0 Å². The first-order chi connectivity index (χ1) is 17.5. The molecule has 3 aromatic carbocycles. The molecule has 37 heavy (non-hydrogen) atoms. The number of allylic oxidation sites excluding steroid dienone is 1. The fourth-order valence-corrected chi connectivity index (χ4v) is 6.44. The molecule has 2 aliphatic rings. The Bertz CT molecular complexity index is 1400. The number of likely N-dealkylation sites (tertiary alicyclic amines) is 1. The Hall–Kier alpha value is -2.50. The maximum atomic E-state index is 12.7. The molecule has 1 N–H and O–H groups in total. The van der Waals surface area contributed by atoms with Crippen molar-refractivity contribution in [2.75, 3.05) is 13.1 Å². The Morgan fingerprint density at radius 2 is 1.41 bits per heavy atom. The average Bonchev–Trinajstić information content (AvgIpc) is 3.25. The Morgan fingerprint density at radius 1 is 0.811 bits per heavy atom. The highest BCUT2D eigenvalue weighted by Crippen LogP contribution is 2.43. The van der Waals surface area contributed by atoms with E-state index in [1.54, 1.807) is 0 Å². The lowest BCUT2D eigenvalue weighted by molar-refractivity contribution is 0.144. The number of piperidine rings is 1. The Kier molecular flexibility index (Phi) is 7.56. The monoisotopic (exact) mass is 553 g/mol. The summed E-state index contributed by atoms with van der Waals surface area (Å²) < 4.78 is 1.97. The molecule has 1 saturated heterocycles. The summed E-state index contributed by atoms with van der Waals surface area (Å²) in [5.74, 6) is 0. The lowest BCUT2D eigenvalue weighted by atomic mass is 9.68. The highest BCUT2D eigenvalue weighted by atomic mass is 35.5. The van der Waals surface area contributed by atoms with Crippen molar-refractivity contribution in [3.63, 3.8) is 0 Å². The summed E-state index contributed by atoms with van der Waals surface area (Å²) in [6, 6.07) is 25.1. The summed E-state index contributed by atoms with van der Waals surface area (Å²) in [5, 5.41) is 1.50. The van der Waals surface area contributed by atoms with Crippen LogP contribution in [0.2, 0.25) is 10.0 Å². The number of halogens is 3. The molecule has 1 unspecified atom stereocenters. The summed E-state index contributed by atoms with van der Waals surface area (Å²) >= 11 is 12.4. The predicted octanol–water partition coefficient (Wildman–Crippen LogP) is 7.40. The molecule has 0 amide bonds. The quantitative estimate of drug-likeness (QED) is 0.267. The molecular weight excluding hydrogens is 525 g/mol. The number of imidazole rings is 1. The molecule has 1 aliphatic heterocycles. The number of benzene rings is 3. The Balaban J connectivity index is 0.00000280. The van der Waals surface area contributed by atoms with Gasteiger partial charge in [0, 0.05) is 40.6 Å². The van der Waals surface area contributed by atoms with E-state index < -0.39 is 0 Å². The van der Waals surface area contributed by atoms with Gasteiger partial charge in [-0.3, -0.25) is 9.47 Å². The molecule has 0 radical (unpaired) electrons. The highest BCUT2D eigenvalue weighted by molar-refractivity contribution is 6.30. The van der Waals surface area contributed by atoms with Gasteiger partial charge in [-0.05, 0) is 73.2 Å². The van der Waals surface area contributed by atoms with Gasteiger partial charge in [0.25, 0.3) is 0 Å². The van der Waals surface area contributed by atoms with E-state index in [-0.39, 0.29) is 29.6 Å². The van der Waals surface area contributed by atoms with Gasteiger partial charge in [-0.15, -0.1) is 12.4 Å². The molecule has 0 bridgehead atoms.